The molecule has 0 aliphatic heterocycles. The molecule has 0 saturated heterocycles. The van der Waals surface area contributed by atoms with Crippen molar-refractivity contribution in [3.05, 3.63) is 83.4 Å². The first kappa shape index (κ1) is 20.7. The molecule has 6 nitrogen and oxygen atoms in total. The number of alkyl halides is 3. The molecular formula is C21H17F3N4O2. The second-order valence-corrected chi connectivity index (χ2v) is 6.42. The van der Waals surface area contributed by atoms with Gasteiger partial charge in [-0.25, -0.2) is 0 Å². The first-order valence-corrected chi connectivity index (χ1v) is 8.68. The van der Waals surface area contributed by atoms with Gasteiger partial charge in [-0.05, 0) is 54.6 Å². The molecule has 3 aromatic rings. The Hall–Kier alpha value is -4.01. The van der Waals surface area contributed by atoms with E-state index in [0.29, 0.717) is 11.4 Å². The molecule has 0 aromatic heterocycles. The Morgan fingerprint density at radius 3 is 1.77 bits per heavy atom. The van der Waals surface area contributed by atoms with Crippen LogP contribution in [0.4, 0.5) is 35.9 Å². The van der Waals surface area contributed by atoms with Gasteiger partial charge in [0.05, 0.1) is 11.3 Å². The fraction of sp³-hybridized carbons (Fsp3) is 0.0476. The minimum Gasteiger partial charge on any atom is -0.399 e. The Morgan fingerprint density at radius 1 is 0.733 bits per heavy atom. The van der Waals surface area contributed by atoms with Gasteiger partial charge in [-0.15, -0.1) is 0 Å². The lowest BCUT2D eigenvalue weighted by Gasteiger charge is -2.16. The average Bonchev–Trinajstić information content (AvgIpc) is 2.68. The zero-order valence-electron chi connectivity index (χ0n) is 15.5. The normalized spacial score (nSPS) is 11.0. The van der Waals surface area contributed by atoms with Crippen molar-refractivity contribution >= 4 is 34.6 Å². The highest BCUT2D eigenvalue weighted by atomic mass is 19.4. The Bertz CT molecular complexity index is 1110. The van der Waals surface area contributed by atoms with E-state index in [0.717, 1.165) is 12.1 Å². The molecule has 0 aliphatic carbocycles. The number of benzene rings is 3. The van der Waals surface area contributed by atoms with Gasteiger partial charge >= 0.3 is 6.18 Å². The SMILES string of the molecule is Nc1cccc(C(=O)Nc2ccc(NC(=O)c3cccc(N)c3)c(C(F)(F)F)c2)c1. The summed E-state index contributed by atoms with van der Waals surface area (Å²) in [5.74, 6) is -1.36. The number of halogens is 3. The van der Waals surface area contributed by atoms with Gasteiger partial charge in [-0.3, -0.25) is 9.59 Å². The minimum absolute atomic E-state index is 0.0864. The van der Waals surface area contributed by atoms with E-state index in [1.165, 1.54) is 36.4 Å². The monoisotopic (exact) mass is 414 g/mol. The maximum Gasteiger partial charge on any atom is 0.418 e. The highest BCUT2D eigenvalue weighted by molar-refractivity contribution is 6.06. The lowest BCUT2D eigenvalue weighted by Crippen LogP contribution is -2.18. The summed E-state index contributed by atoms with van der Waals surface area (Å²) in [6, 6.07) is 14.9. The second kappa shape index (κ2) is 8.16. The fourth-order valence-electron chi connectivity index (χ4n) is 2.72. The largest absolute Gasteiger partial charge is 0.418 e. The Kier molecular flexibility index (Phi) is 5.63. The van der Waals surface area contributed by atoms with Crippen LogP contribution in [0.5, 0.6) is 0 Å². The zero-order valence-corrected chi connectivity index (χ0v) is 15.5. The molecule has 0 radical (unpaired) electrons. The number of hydrogen-bond acceptors (Lipinski definition) is 4. The van der Waals surface area contributed by atoms with Crippen LogP contribution < -0.4 is 22.1 Å². The van der Waals surface area contributed by atoms with Crippen LogP contribution in [0.15, 0.2) is 66.7 Å². The van der Waals surface area contributed by atoms with Crippen LogP contribution in [0, 0.1) is 0 Å². The summed E-state index contributed by atoms with van der Waals surface area (Å²) < 4.78 is 40.7. The van der Waals surface area contributed by atoms with E-state index in [9.17, 15) is 22.8 Å². The van der Waals surface area contributed by atoms with Crippen molar-refractivity contribution in [3.63, 3.8) is 0 Å². The summed E-state index contributed by atoms with van der Waals surface area (Å²) in [7, 11) is 0. The molecule has 9 heteroatoms. The van der Waals surface area contributed by atoms with Crippen LogP contribution in [0.1, 0.15) is 26.3 Å². The summed E-state index contributed by atoms with van der Waals surface area (Å²) in [5.41, 5.74) is 10.5. The van der Waals surface area contributed by atoms with Gasteiger partial charge in [0.1, 0.15) is 0 Å². The predicted octanol–water partition coefficient (Wildman–Crippen LogP) is 4.37. The smallest absolute Gasteiger partial charge is 0.399 e. The average molecular weight is 414 g/mol. The number of hydrogen-bond donors (Lipinski definition) is 4. The Morgan fingerprint density at radius 2 is 1.27 bits per heavy atom. The minimum atomic E-state index is -4.77. The maximum absolute atomic E-state index is 13.6. The van der Waals surface area contributed by atoms with Crippen molar-refractivity contribution in [1.82, 2.24) is 0 Å². The maximum atomic E-state index is 13.6. The predicted molar refractivity (Wildman–Crippen MR) is 109 cm³/mol. The lowest BCUT2D eigenvalue weighted by atomic mass is 10.1. The van der Waals surface area contributed by atoms with Crippen LogP contribution in [-0.4, -0.2) is 11.8 Å². The zero-order chi connectivity index (χ0) is 21.9. The molecular weight excluding hydrogens is 397 g/mol. The van der Waals surface area contributed by atoms with E-state index in [-0.39, 0.29) is 16.8 Å². The van der Waals surface area contributed by atoms with E-state index >= 15 is 0 Å². The van der Waals surface area contributed by atoms with Crippen LogP contribution in [0.25, 0.3) is 0 Å². The molecule has 0 bridgehead atoms. The molecule has 30 heavy (non-hydrogen) atoms. The number of anilines is 4. The third-order valence-corrected chi connectivity index (χ3v) is 4.13. The summed E-state index contributed by atoms with van der Waals surface area (Å²) in [6.45, 7) is 0. The highest BCUT2D eigenvalue weighted by Gasteiger charge is 2.34. The van der Waals surface area contributed by atoms with Crippen molar-refractivity contribution in [2.45, 2.75) is 6.18 Å². The lowest BCUT2D eigenvalue weighted by molar-refractivity contribution is -0.136. The van der Waals surface area contributed by atoms with Gasteiger partial charge in [0.2, 0.25) is 0 Å². The molecule has 0 fully saturated rings. The van der Waals surface area contributed by atoms with Gasteiger partial charge in [-0.1, -0.05) is 12.1 Å². The van der Waals surface area contributed by atoms with Crippen LogP contribution in [-0.2, 0) is 6.18 Å². The van der Waals surface area contributed by atoms with Gasteiger partial charge in [0.15, 0.2) is 0 Å². The summed E-state index contributed by atoms with van der Waals surface area (Å²) >= 11 is 0. The summed E-state index contributed by atoms with van der Waals surface area (Å²) in [4.78, 5) is 24.6. The molecule has 3 rings (SSSR count). The third-order valence-electron chi connectivity index (χ3n) is 4.13. The molecule has 0 saturated carbocycles. The van der Waals surface area contributed by atoms with Crippen LogP contribution in [0.3, 0.4) is 0 Å². The first-order valence-electron chi connectivity index (χ1n) is 8.68. The molecule has 2 amide bonds. The number of nitrogen functional groups attached to an aromatic ring is 2. The Balaban J connectivity index is 1.87. The van der Waals surface area contributed by atoms with E-state index in [2.05, 4.69) is 10.6 Å². The van der Waals surface area contributed by atoms with Gasteiger partial charge in [0, 0.05) is 28.2 Å². The third kappa shape index (κ3) is 4.88. The number of carbonyl (C=O) groups is 2. The fourth-order valence-corrected chi connectivity index (χ4v) is 2.72. The van der Waals surface area contributed by atoms with Gasteiger partial charge < -0.3 is 22.1 Å². The van der Waals surface area contributed by atoms with E-state index < -0.39 is 29.2 Å². The number of nitrogens with two attached hydrogens (primary N) is 2. The van der Waals surface area contributed by atoms with Crippen molar-refractivity contribution in [2.75, 3.05) is 22.1 Å². The number of amides is 2. The van der Waals surface area contributed by atoms with E-state index in [4.69, 9.17) is 11.5 Å². The molecule has 0 unspecified atom stereocenters. The highest BCUT2D eigenvalue weighted by Crippen LogP contribution is 2.37. The molecule has 3 aromatic carbocycles. The Labute approximate surface area is 169 Å². The number of nitrogens with one attached hydrogen (secondary N) is 2. The van der Waals surface area contributed by atoms with Crippen molar-refractivity contribution in [3.8, 4) is 0 Å². The van der Waals surface area contributed by atoms with E-state index in [1.54, 1.807) is 18.2 Å². The van der Waals surface area contributed by atoms with Gasteiger partial charge in [-0.2, -0.15) is 13.2 Å². The quantitative estimate of drug-likeness (QED) is 0.475. The summed E-state index contributed by atoms with van der Waals surface area (Å²) in [5, 5.41) is 4.63. The van der Waals surface area contributed by atoms with Crippen molar-refractivity contribution < 1.29 is 22.8 Å². The van der Waals surface area contributed by atoms with Crippen molar-refractivity contribution in [2.24, 2.45) is 0 Å². The standard InChI is InChI=1S/C21H17F3N4O2/c22-21(23,24)17-11-16(27-19(29)12-3-1-5-14(25)9-12)7-8-18(17)28-20(30)13-4-2-6-15(26)10-13/h1-11H,25-26H2,(H,27,29)(H,28,30). The number of rotatable bonds is 4. The molecule has 0 heterocycles. The number of carbonyl (C=O) groups excluding carboxylic acids is 2. The summed E-state index contributed by atoms with van der Waals surface area (Å²) in [6.07, 6.45) is -4.77. The van der Waals surface area contributed by atoms with Gasteiger partial charge in [0.25, 0.3) is 11.8 Å². The second-order valence-electron chi connectivity index (χ2n) is 6.42. The topological polar surface area (TPSA) is 110 Å². The van der Waals surface area contributed by atoms with E-state index in [1.807, 2.05) is 0 Å². The molecule has 154 valence electrons. The molecule has 0 atom stereocenters. The molecule has 0 aliphatic rings. The molecule has 6 N–H and O–H groups in total. The van der Waals surface area contributed by atoms with Crippen LogP contribution >= 0.6 is 0 Å². The first-order chi connectivity index (χ1) is 14.1. The molecule has 0 spiro atoms. The van der Waals surface area contributed by atoms with Crippen LogP contribution in [0.2, 0.25) is 0 Å². The van der Waals surface area contributed by atoms with Crippen molar-refractivity contribution in [1.29, 1.82) is 0 Å².